The molecule has 37 heavy (non-hydrogen) atoms. The molecule has 1 aromatic heterocycles. The Morgan fingerprint density at radius 3 is 2.62 bits per heavy atom. The van der Waals surface area contributed by atoms with E-state index in [4.69, 9.17) is 25.8 Å². The number of nitrogens with one attached hydrogen (secondary N) is 1. The van der Waals surface area contributed by atoms with E-state index in [2.05, 4.69) is 21.4 Å². The number of nitriles is 1. The Balaban J connectivity index is 1.45. The molecule has 0 aliphatic rings. The van der Waals surface area contributed by atoms with Gasteiger partial charge in [0.05, 0.1) is 37.4 Å². The second-order valence-corrected chi connectivity index (χ2v) is 8.61. The molecule has 0 aliphatic heterocycles. The highest BCUT2D eigenvalue weighted by molar-refractivity contribution is 6.31. The van der Waals surface area contributed by atoms with Crippen LogP contribution in [0, 0.1) is 17.2 Å². The number of halogens is 1. The minimum atomic E-state index is -0.415. The van der Waals surface area contributed by atoms with Crippen molar-refractivity contribution in [1.82, 2.24) is 4.98 Å². The molecule has 8 heteroatoms. The van der Waals surface area contributed by atoms with Crippen LogP contribution in [0.5, 0.6) is 17.2 Å². The van der Waals surface area contributed by atoms with Crippen LogP contribution in [0.3, 0.4) is 0 Å². The first-order valence-corrected chi connectivity index (χ1v) is 12.1. The zero-order valence-corrected chi connectivity index (χ0v) is 21.4. The summed E-state index contributed by atoms with van der Waals surface area (Å²) in [4.78, 5) is 8.81. The highest BCUT2D eigenvalue weighted by Crippen LogP contribution is 2.39. The molecule has 0 spiro atoms. The van der Waals surface area contributed by atoms with E-state index in [1.165, 1.54) is 0 Å². The second-order valence-electron chi connectivity index (χ2n) is 8.18. The van der Waals surface area contributed by atoms with Crippen LogP contribution in [0.2, 0.25) is 5.02 Å². The predicted molar refractivity (Wildman–Crippen MR) is 148 cm³/mol. The topological polar surface area (TPSA) is 88.8 Å². The number of anilines is 1. The highest BCUT2D eigenvalue weighted by atomic mass is 35.5. The molecule has 0 saturated heterocycles. The van der Waals surface area contributed by atoms with E-state index in [0.29, 0.717) is 41.8 Å². The van der Waals surface area contributed by atoms with Crippen LogP contribution in [0.25, 0.3) is 10.9 Å². The lowest BCUT2D eigenvalue weighted by Gasteiger charge is -2.17. The van der Waals surface area contributed by atoms with E-state index >= 15 is 0 Å². The maximum Gasteiger partial charge on any atom is 0.203 e. The van der Waals surface area contributed by atoms with Crippen molar-refractivity contribution >= 4 is 40.1 Å². The average molecular weight is 515 g/mol. The maximum absolute atomic E-state index is 9.69. The zero-order chi connectivity index (χ0) is 26.0. The largest absolute Gasteiger partial charge is 0.493 e. The highest BCUT2D eigenvalue weighted by Gasteiger charge is 2.16. The Morgan fingerprint density at radius 2 is 1.86 bits per heavy atom. The average Bonchev–Trinajstić information content (AvgIpc) is 2.93. The number of methoxy groups -OCH3 is 2. The summed E-state index contributed by atoms with van der Waals surface area (Å²) in [6.07, 6.45) is 3.86. The molecule has 1 unspecified atom stereocenters. The molecule has 4 aromatic rings. The third-order valence-electron chi connectivity index (χ3n) is 5.67. The lowest BCUT2D eigenvalue weighted by atomic mass is 10.0. The van der Waals surface area contributed by atoms with Crippen LogP contribution in [-0.4, -0.2) is 38.6 Å². The molecule has 1 heterocycles. The van der Waals surface area contributed by atoms with Gasteiger partial charge in [-0.05, 0) is 60.5 Å². The summed E-state index contributed by atoms with van der Waals surface area (Å²) in [6.45, 7) is 0.916. The van der Waals surface area contributed by atoms with Gasteiger partial charge in [0, 0.05) is 35.1 Å². The number of hydrogen-bond acceptors (Lipinski definition) is 7. The Kier molecular flexibility index (Phi) is 8.79. The minimum Gasteiger partial charge on any atom is -0.493 e. The zero-order valence-electron chi connectivity index (χ0n) is 20.6. The first-order valence-electron chi connectivity index (χ1n) is 11.8. The van der Waals surface area contributed by atoms with Gasteiger partial charge in [-0.15, -0.1) is 0 Å². The van der Waals surface area contributed by atoms with Crippen LogP contribution >= 0.6 is 11.6 Å². The van der Waals surface area contributed by atoms with Crippen LogP contribution in [0.1, 0.15) is 5.56 Å². The van der Waals surface area contributed by atoms with Gasteiger partial charge in [-0.25, -0.2) is 0 Å². The Morgan fingerprint density at radius 1 is 1.05 bits per heavy atom. The summed E-state index contributed by atoms with van der Waals surface area (Å²) < 4.78 is 17.2. The fourth-order valence-corrected chi connectivity index (χ4v) is 4.07. The summed E-state index contributed by atoms with van der Waals surface area (Å²) >= 11 is 6.09. The fraction of sp³-hybridized carbons (Fsp3) is 0.207. The van der Waals surface area contributed by atoms with Gasteiger partial charge in [0.1, 0.15) is 6.61 Å². The third-order valence-corrected chi connectivity index (χ3v) is 5.90. The fourth-order valence-electron chi connectivity index (χ4n) is 3.91. The molecule has 0 aliphatic carbocycles. The van der Waals surface area contributed by atoms with Gasteiger partial charge < -0.3 is 19.5 Å². The number of pyridine rings is 1. The molecular formula is C29H27ClN4O3. The lowest BCUT2D eigenvalue weighted by molar-refractivity contribution is 0.292. The van der Waals surface area contributed by atoms with Crippen molar-refractivity contribution in [2.24, 2.45) is 10.9 Å². The molecule has 188 valence electrons. The number of hydrogen-bond donors (Lipinski definition) is 1. The van der Waals surface area contributed by atoms with E-state index in [-0.39, 0.29) is 0 Å². The summed E-state index contributed by atoms with van der Waals surface area (Å²) in [6, 6.07) is 23.1. The van der Waals surface area contributed by atoms with Crippen LogP contribution in [-0.2, 0) is 6.42 Å². The Labute approximate surface area is 221 Å². The van der Waals surface area contributed by atoms with Crippen LogP contribution in [0.15, 0.2) is 77.9 Å². The molecule has 4 rings (SSSR count). The molecule has 3 aromatic carbocycles. The molecule has 0 bridgehead atoms. The van der Waals surface area contributed by atoms with Gasteiger partial charge in [0.15, 0.2) is 11.5 Å². The van der Waals surface area contributed by atoms with Crippen molar-refractivity contribution in [1.29, 1.82) is 5.26 Å². The summed E-state index contributed by atoms with van der Waals surface area (Å²) in [5, 5.41) is 14.7. The molecule has 0 fully saturated rings. The number of ether oxygens (including phenoxy) is 3. The lowest BCUT2D eigenvalue weighted by Crippen LogP contribution is -2.13. The predicted octanol–water partition coefficient (Wildman–Crippen LogP) is 6.48. The van der Waals surface area contributed by atoms with E-state index < -0.39 is 5.92 Å². The monoisotopic (exact) mass is 514 g/mol. The van der Waals surface area contributed by atoms with Crippen molar-refractivity contribution in [3.8, 4) is 23.3 Å². The molecular weight excluding hydrogens is 488 g/mol. The number of benzene rings is 3. The molecule has 1 N–H and O–H groups in total. The van der Waals surface area contributed by atoms with Gasteiger partial charge >= 0.3 is 0 Å². The van der Waals surface area contributed by atoms with Gasteiger partial charge in [0.2, 0.25) is 5.75 Å². The van der Waals surface area contributed by atoms with E-state index in [1.54, 1.807) is 26.6 Å². The third kappa shape index (κ3) is 6.69. The van der Waals surface area contributed by atoms with E-state index in [9.17, 15) is 5.26 Å². The van der Waals surface area contributed by atoms with E-state index in [0.717, 1.165) is 27.8 Å². The van der Waals surface area contributed by atoms with Crippen molar-refractivity contribution in [3.05, 3.63) is 83.5 Å². The standard InChI is InChI=1S/C29H27ClN4O3/c1-35-27-15-20(14-21(18-31)19-34-23-6-4-3-5-7-23)16-28(29(27)36-2)37-13-12-33-25-10-11-32-26-17-22(30)8-9-24(25)26/h3-11,15-17,19,21H,12-14H2,1-2H3,(H,32,33). The second kappa shape index (κ2) is 12.6. The smallest absolute Gasteiger partial charge is 0.203 e. The summed E-state index contributed by atoms with van der Waals surface area (Å²) in [7, 11) is 3.15. The molecule has 0 amide bonds. The summed E-state index contributed by atoms with van der Waals surface area (Å²) in [5.74, 6) is 1.17. The number of fused-ring (bicyclic) bond motifs is 1. The maximum atomic E-state index is 9.69. The van der Waals surface area contributed by atoms with Gasteiger partial charge in [0.25, 0.3) is 0 Å². The number of aliphatic imine (C=N–C) groups is 1. The van der Waals surface area contributed by atoms with Crippen molar-refractivity contribution in [3.63, 3.8) is 0 Å². The normalized spacial score (nSPS) is 11.7. The van der Waals surface area contributed by atoms with Gasteiger partial charge in [-0.3, -0.25) is 9.98 Å². The Bertz CT molecular complexity index is 1420. The molecule has 0 radical (unpaired) electrons. The van der Waals surface area contributed by atoms with Crippen LogP contribution < -0.4 is 19.5 Å². The quantitative estimate of drug-likeness (QED) is 0.182. The SMILES string of the molecule is COc1cc(CC(C#N)C=Nc2ccccc2)cc(OCCNc2ccnc3cc(Cl)ccc23)c1OC. The number of aromatic nitrogens is 1. The first kappa shape index (κ1) is 25.8. The Hall–Kier alpha value is -4.28. The minimum absolute atomic E-state index is 0.373. The number of para-hydroxylation sites is 1. The van der Waals surface area contributed by atoms with Crippen molar-refractivity contribution in [2.45, 2.75) is 6.42 Å². The molecule has 7 nitrogen and oxygen atoms in total. The van der Waals surface area contributed by atoms with E-state index in [1.807, 2.05) is 66.7 Å². The van der Waals surface area contributed by atoms with Crippen molar-refractivity contribution < 1.29 is 14.2 Å². The molecule has 1 atom stereocenters. The van der Waals surface area contributed by atoms with Crippen LogP contribution in [0.4, 0.5) is 11.4 Å². The van der Waals surface area contributed by atoms with Gasteiger partial charge in [-0.1, -0.05) is 29.8 Å². The van der Waals surface area contributed by atoms with Crippen molar-refractivity contribution in [2.75, 3.05) is 32.7 Å². The number of nitrogens with zero attached hydrogens (tertiary/aromatic N) is 3. The number of rotatable bonds is 11. The van der Waals surface area contributed by atoms with Gasteiger partial charge in [-0.2, -0.15) is 5.26 Å². The molecule has 0 saturated carbocycles. The summed E-state index contributed by atoms with van der Waals surface area (Å²) in [5.41, 5.74) is 3.44. The first-order chi connectivity index (χ1) is 18.1.